The van der Waals surface area contributed by atoms with Crippen molar-refractivity contribution in [2.75, 3.05) is 5.73 Å². The van der Waals surface area contributed by atoms with Gasteiger partial charge >= 0.3 is 0 Å². The van der Waals surface area contributed by atoms with Gasteiger partial charge in [0.2, 0.25) is 0 Å². The Morgan fingerprint density at radius 1 is 1.43 bits per heavy atom. The third kappa shape index (κ3) is 2.49. The summed E-state index contributed by atoms with van der Waals surface area (Å²) in [5.74, 6) is 0.760. The standard InChI is InChI=1S/C11H16N2O/c1-7(2)14-9-4-5-11(13)10(6-9)8(3)12/h4-7,12H,13H2,1-3H3. The van der Waals surface area contributed by atoms with Crippen molar-refractivity contribution < 1.29 is 4.74 Å². The van der Waals surface area contributed by atoms with Gasteiger partial charge in [-0.1, -0.05) is 0 Å². The fourth-order valence-corrected chi connectivity index (χ4v) is 1.21. The Morgan fingerprint density at radius 2 is 2.07 bits per heavy atom. The Morgan fingerprint density at radius 3 is 2.57 bits per heavy atom. The molecule has 1 rings (SSSR count). The first-order chi connectivity index (χ1) is 6.50. The van der Waals surface area contributed by atoms with Crippen LogP contribution in [0, 0.1) is 5.41 Å². The highest BCUT2D eigenvalue weighted by Gasteiger charge is 2.04. The number of ether oxygens (including phenoxy) is 1. The van der Waals surface area contributed by atoms with Crippen LogP contribution in [0.1, 0.15) is 26.3 Å². The molecular weight excluding hydrogens is 176 g/mol. The Balaban J connectivity index is 3.00. The highest BCUT2D eigenvalue weighted by Crippen LogP contribution is 2.20. The van der Waals surface area contributed by atoms with E-state index in [1.807, 2.05) is 19.9 Å². The molecule has 0 radical (unpaired) electrons. The van der Waals surface area contributed by atoms with Crippen molar-refractivity contribution in [2.45, 2.75) is 26.9 Å². The first-order valence-electron chi connectivity index (χ1n) is 4.62. The van der Waals surface area contributed by atoms with Crippen molar-refractivity contribution in [2.24, 2.45) is 0 Å². The van der Waals surface area contributed by atoms with E-state index in [1.165, 1.54) is 0 Å². The first-order valence-corrected chi connectivity index (χ1v) is 4.62. The SMILES string of the molecule is CC(=N)c1cc(OC(C)C)ccc1N. The van der Waals surface area contributed by atoms with Gasteiger partial charge in [-0.05, 0) is 39.0 Å². The summed E-state index contributed by atoms with van der Waals surface area (Å²) in [5.41, 5.74) is 7.54. The summed E-state index contributed by atoms with van der Waals surface area (Å²) < 4.78 is 5.51. The molecule has 0 atom stereocenters. The van der Waals surface area contributed by atoms with E-state index in [9.17, 15) is 0 Å². The second-order valence-electron chi connectivity index (χ2n) is 3.54. The molecule has 3 heteroatoms. The summed E-state index contributed by atoms with van der Waals surface area (Å²) in [6.45, 7) is 5.64. The summed E-state index contributed by atoms with van der Waals surface area (Å²) >= 11 is 0. The molecular formula is C11H16N2O. The smallest absolute Gasteiger partial charge is 0.120 e. The van der Waals surface area contributed by atoms with Crippen LogP contribution in [0.4, 0.5) is 5.69 Å². The van der Waals surface area contributed by atoms with E-state index in [0.717, 1.165) is 11.3 Å². The van der Waals surface area contributed by atoms with Gasteiger partial charge in [-0.3, -0.25) is 0 Å². The molecule has 76 valence electrons. The predicted molar refractivity (Wildman–Crippen MR) is 59.1 cm³/mol. The molecule has 0 aliphatic heterocycles. The minimum absolute atomic E-state index is 0.137. The number of hydrogen-bond donors (Lipinski definition) is 2. The predicted octanol–water partition coefficient (Wildman–Crippen LogP) is 2.44. The van der Waals surface area contributed by atoms with Gasteiger partial charge in [0, 0.05) is 17.0 Å². The molecule has 0 fully saturated rings. The number of rotatable bonds is 3. The van der Waals surface area contributed by atoms with Crippen LogP contribution in [0.15, 0.2) is 18.2 Å². The van der Waals surface area contributed by atoms with Gasteiger partial charge in [0.1, 0.15) is 5.75 Å². The first kappa shape index (κ1) is 10.6. The number of hydrogen-bond acceptors (Lipinski definition) is 3. The van der Waals surface area contributed by atoms with Gasteiger partial charge in [-0.25, -0.2) is 0 Å². The van der Waals surface area contributed by atoms with Crippen molar-refractivity contribution >= 4 is 11.4 Å². The maximum Gasteiger partial charge on any atom is 0.120 e. The van der Waals surface area contributed by atoms with Crippen LogP contribution in [0.2, 0.25) is 0 Å². The van der Waals surface area contributed by atoms with Crippen LogP contribution in [0.25, 0.3) is 0 Å². The molecule has 1 aromatic carbocycles. The van der Waals surface area contributed by atoms with Crippen molar-refractivity contribution in [1.82, 2.24) is 0 Å². The molecule has 0 bridgehead atoms. The lowest BCUT2D eigenvalue weighted by Gasteiger charge is -2.11. The van der Waals surface area contributed by atoms with Crippen LogP contribution in [0.3, 0.4) is 0 Å². The fraction of sp³-hybridized carbons (Fsp3) is 0.364. The number of anilines is 1. The minimum Gasteiger partial charge on any atom is -0.491 e. The van der Waals surface area contributed by atoms with E-state index in [2.05, 4.69) is 0 Å². The molecule has 1 aromatic rings. The van der Waals surface area contributed by atoms with Gasteiger partial charge in [0.25, 0.3) is 0 Å². The molecule has 0 spiro atoms. The molecule has 0 unspecified atom stereocenters. The van der Waals surface area contributed by atoms with E-state index in [1.54, 1.807) is 19.1 Å². The zero-order valence-corrected chi connectivity index (χ0v) is 8.79. The zero-order valence-electron chi connectivity index (χ0n) is 8.79. The monoisotopic (exact) mass is 192 g/mol. The molecule has 0 aliphatic carbocycles. The average molecular weight is 192 g/mol. The molecule has 0 heterocycles. The molecule has 0 aromatic heterocycles. The lowest BCUT2D eigenvalue weighted by Crippen LogP contribution is -2.07. The van der Waals surface area contributed by atoms with Crippen LogP contribution < -0.4 is 10.5 Å². The fourth-order valence-electron chi connectivity index (χ4n) is 1.21. The van der Waals surface area contributed by atoms with Gasteiger partial charge in [-0.15, -0.1) is 0 Å². The van der Waals surface area contributed by atoms with E-state index in [4.69, 9.17) is 15.9 Å². The number of nitrogens with two attached hydrogens (primary N) is 1. The van der Waals surface area contributed by atoms with Crippen molar-refractivity contribution in [3.05, 3.63) is 23.8 Å². The number of benzene rings is 1. The summed E-state index contributed by atoms with van der Waals surface area (Å²) in [6.07, 6.45) is 0.137. The highest BCUT2D eigenvalue weighted by molar-refractivity contribution is 6.01. The Labute approximate surface area is 84.4 Å². The van der Waals surface area contributed by atoms with Gasteiger partial charge in [0.15, 0.2) is 0 Å². The zero-order chi connectivity index (χ0) is 10.7. The summed E-state index contributed by atoms with van der Waals surface area (Å²) in [7, 11) is 0. The van der Waals surface area contributed by atoms with Gasteiger partial charge < -0.3 is 15.9 Å². The second kappa shape index (κ2) is 4.13. The van der Waals surface area contributed by atoms with E-state index in [-0.39, 0.29) is 6.10 Å². The Bertz CT molecular complexity index is 345. The van der Waals surface area contributed by atoms with Crippen LogP contribution in [0.5, 0.6) is 5.75 Å². The maximum absolute atomic E-state index is 7.52. The summed E-state index contributed by atoms with van der Waals surface area (Å²) in [4.78, 5) is 0. The number of nitrogens with one attached hydrogen (secondary N) is 1. The van der Waals surface area contributed by atoms with Crippen LogP contribution >= 0.6 is 0 Å². The molecule has 3 N–H and O–H groups in total. The van der Waals surface area contributed by atoms with Gasteiger partial charge in [0.05, 0.1) is 6.10 Å². The quantitative estimate of drug-likeness (QED) is 0.570. The Hall–Kier alpha value is -1.51. The minimum atomic E-state index is 0.137. The van der Waals surface area contributed by atoms with Crippen LogP contribution in [-0.4, -0.2) is 11.8 Å². The summed E-state index contributed by atoms with van der Waals surface area (Å²) in [5, 5.41) is 7.52. The lowest BCUT2D eigenvalue weighted by atomic mass is 10.1. The molecule has 0 aliphatic rings. The van der Waals surface area contributed by atoms with E-state index >= 15 is 0 Å². The third-order valence-electron chi connectivity index (χ3n) is 1.80. The highest BCUT2D eigenvalue weighted by atomic mass is 16.5. The van der Waals surface area contributed by atoms with E-state index < -0.39 is 0 Å². The molecule has 3 nitrogen and oxygen atoms in total. The third-order valence-corrected chi connectivity index (χ3v) is 1.80. The van der Waals surface area contributed by atoms with E-state index in [0.29, 0.717) is 11.4 Å². The van der Waals surface area contributed by atoms with Crippen molar-refractivity contribution in [3.63, 3.8) is 0 Å². The second-order valence-corrected chi connectivity index (χ2v) is 3.54. The van der Waals surface area contributed by atoms with Crippen molar-refractivity contribution in [3.8, 4) is 5.75 Å². The van der Waals surface area contributed by atoms with Gasteiger partial charge in [-0.2, -0.15) is 0 Å². The Kier molecular flexibility index (Phi) is 3.12. The largest absolute Gasteiger partial charge is 0.491 e. The van der Waals surface area contributed by atoms with Crippen LogP contribution in [-0.2, 0) is 0 Å². The average Bonchev–Trinajstić information content (AvgIpc) is 2.07. The van der Waals surface area contributed by atoms with Crippen molar-refractivity contribution in [1.29, 1.82) is 5.41 Å². The molecule has 0 saturated carbocycles. The topological polar surface area (TPSA) is 59.1 Å². The maximum atomic E-state index is 7.52. The summed E-state index contributed by atoms with van der Waals surface area (Å²) in [6, 6.07) is 5.39. The molecule has 0 saturated heterocycles. The normalized spacial score (nSPS) is 10.3. The molecule has 0 amide bonds. The lowest BCUT2D eigenvalue weighted by molar-refractivity contribution is 0.242. The molecule has 14 heavy (non-hydrogen) atoms. The number of nitrogen functional groups attached to an aromatic ring is 1.